The van der Waals surface area contributed by atoms with Gasteiger partial charge < -0.3 is 9.66 Å². The summed E-state index contributed by atoms with van der Waals surface area (Å²) in [6.07, 6.45) is -3.38. The molecule has 4 aliphatic carbocycles. The van der Waals surface area contributed by atoms with Crippen molar-refractivity contribution in [3.05, 3.63) is 88.0 Å². The molecule has 2 aromatic carbocycles. The van der Waals surface area contributed by atoms with E-state index in [0.29, 0.717) is 30.4 Å². The fraction of sp³-hybridized carbons (Fsp3) is 0.500. The molecule has 13 heteroatoms. The van der Waals surface area contributed by atoms with Crippen LogP contribution in [0, 0.1) is 24.2 Å². The maximum absolute atomic E-state index is 15.2. The molecule has 4 aliphatic rings. The molecule has 254 valence electrons. The molecule has 0 radical (unpaired) electrons. The summed E-state index contributed by atoms with van der Waals surface area (Å²) in [7, 11) is -6.01. The number of sulfonamides is 1. The predicted octanol–water partition coefficient (Wildman–Crippen LogP) is 7.99. The van der Waals surface area contributed by atoms with Crippen LogP contribution < -0.4 is 0 Å². The number of halogens is 5. The van der Waals surface area contributed by atoms with Crippen molar-refractivity contribution in [3.63, 3.8) is 0 Å². The van der Waals surface area contributed by atoms with Gasteiger partial charge in [-0.3, -0.25) is 4.79 Å². The van der Waals surface area contributed by atoms with Gasteiger partial charge in [0.15, 0.2) is 5.78 Å². The summed E-state index contributed by atoms with van der Waals surface area (Å²) < 4.78 is 111. The molecule has 0 spiro atoms. The smallest absolute Gasteiger partial charge is 0.383 e. The first kappa shape index (κ1) is 34.1. The van der Waals surface area contributed by atoms with Gasteiger partial charge in [0.1, 0.15) is 5.60 Å². The minimum absolute atomic E-state index is 0.00129. The summed E-state index contributed by atoms with van der Waals surface area (Å²) in [5, 5.41) is 11.4. The molecule has 6 rings (SSSR count). The van der Waals surface area contributed by atoms with Crippen molar-refractivity contribution in [2.45, 2.75) is 93.1 Å². The minimum Gasteiger partial charge on any atom is -0.383 e. The lowest BCUT2D eigenvalue weighted by atomic mass is 9.50. The van der Waals surface area contributed by atoms with E-state index in [9.17, 15) is 36.0 Å². The number of aliphatic hydroxyl groups is 1. The Balaban J connectivity index is 1.37. The number of alkyl halides is 5. The minimum atomic E-state index is -5.93. The molecule has 2 saturated carbocycles. The fourth-order valence-electron chi connectivity index (χ4n) is 8.60. The Kier molecular flexibility index (Phi) is 8.50. The first-order valence-corrected chi connectivity index (χ1v) is 18.3. The SMILES string of the molecule is Cc1ccc(S(=O)(=O)N=S(O)Cc2ccc([C@H]3C[C@@]4(C)C(CC[C@]4(O)C(F)(F)C(F)(F)F)C4CCC5=CC(=O)CCC5=C43)cc2)cc1. The quantitative estimate of drug-likeness (QED) is 0.298. The lowest BCUT2D eigenvalue weighted by Crippen LogP contribution is -2.65. The third-order valence-corrected chi connectivity index (χ3v) is 13.9. The van der Waals surface area contributed by atoms with Gasteiger partial charge in [0, 0.05) is 28.7 Å². The number of aryl methyl sites for hydroxylation is 1. The Morgan fingerprint density at radius 2 is 1.64 bits per heavy atom. The third kappa shape index (κ3) is 5.64. The Morgan fingerprint density at radius 1 is 0.979 bits per heavy atom. The molecule has 0 saturated heterocycles. The highest BCUT2D eigenvalue weighted by Gasteiger charge is 2.79. The van der Waals surface area contributed by atoms with Gasteiger partial charge in [-0.1, -0.05) is 54.5 Å². The van der Waals surface area contributed by atoms with Crippen LogP contribution in [0.25, 0.3) is 0 Å². The summed E-state index contributed by atoms with van der Waals surface area (Å²) in [4.78, 5) is 12.2. The molecule has 6 atom stereocenters. The average molecular weight is 698 g/mol. The Bertz CT molecular complexity index is 1800. The molecule has 3 unspecified atom stereocenters. The van der Waals surface area contributed by atoms with Crippen molar-refractivity contribution in [2.24, 2.45) is 21.0 Å². The highest BCUT2D eigenvalue weighted by molar-refractivity contribution is 7.97. The number of nitrogens with zero attached hydrogens (tertiary/aromatic N) is 1. The molecule has 0 amide bonds. The van der Waals surface area contributed by atoms with Crippen LogP contribution in [0.4, 0.5) is 22.0 Å². The van der Waals surface area contributed by atoms with Gasteiger partial charge in [-0.25, -0.2) is 0 Å². The highest BCUT2D eigenvalue weighted by atomic mass is 32.3. The monoisotopic (exact) mass is 697 g/mol. The van der Waals surface area contributed by atoms with Crippen molar-refractivity contribution in [3.8, 4) is 0 Å². The number of benzene rings is 2. The highest BCUT2D eigenvalue weighted by Crippen LogP contribution is 2.70. The van der Waals surface area contributed by atoms with E-state index in [1.54, 1.807) is 42.5 Å². The van der Waals surface area contributed by atoms with Crippen molar-refractivity contribution in [1.29, 1.82) is 0 Å². The van der Waals surface area contributed by atoms with Crippen LogP contribution in [0.2, 0.25) is 0 Å². The van der Waals surface area contributed by atoms with Crippen LogP contribution in [-0.4, -0.2) is 41.6 Å². The molecular formula is C34H36F5NO5S2. The molecule has 2 N–H and O–H groups in total. The molecule has 2 fully saturated rings. The van der Waals surface area contributed by atoms with Crippen LogP contribution in [0.1, 0.15) is 74.5 Å². The third-order valence-electron chi connectivity index (χ3n) is 10.9. The number of hydrogen-bond acceptors (Lipinski definition) is 4. The molecule has 47 heavy (non-hydrogen) atoms. The molecule has 0 aliphatic heterocycles. The molecule has 0 heterocycles. The van der Waals surface area contributed by atoms with Crippen LogP contribution >= 0.6 is 0 Å². The summed E-state index contributed by atoms with van der Waals surface area (Å²) in [5.41, 5.74) is -0.218. The van der Waals surface area contributed by atoms with Crippen LogP contribution in [0.3, 0.4) is 0 Å². The first-order chi connectivity index (χ1) is 21.9. The average Bonchev–Trinajstić information content (AvgIpc) is 3.27. The van der Waals surface area contributed by atoms with E-state index in [2.05, 4.69) is 3.77 Å². The van der Waals surface area contributed by atoms with Gasteiger partial charge >= 0.3 is 12.1 Å². The van der Waals surface area contributed by atoms with Crippen molar-refractivity contribution in [2.75, 3.05) is 0 Å². The van der Waals surface area contributed by atoms with E-state index < -0.39 is 62.4 Å². The van der Waals surface area contributed by atoms with Gasteiger partial charge in [-0.2, -0.15) is 30.4 Å². The van der Waals surface area contributed by atoms with Crippen LogP contribution in [0.5, 0.6) is 0 Å². The lowest BCUT2D eigenvalue weighted by molar-refractivity contribution is -0.362. The number of carbonyl (C=O) groups excluding carboxylic acids is 1. The van der Waals surface area contributed by atoms with Crippen LogP contribution in [0.15, 0.2) is 80.0 Å². The largest absolute Gasteiger partial charge is 0.456 e. The van der Waals surface area contributed by atoms with Crippen LogP contribution in [-0.2, 0) is 31.5 Å². The maximum atomic E-state index is 15.2. The number of fused-ring (bicyclic) bond motifs is 4. The van der Waals surface area contributed by atoms with Crippen molar-refractivity contribution >= 4 is 26.8 Å². The van der Waals surface area contributed by atoms with E-state index in [4.69, 9.17) is 0 Å². The number of rotatable bonds is 6. The zero-order chi connectivity index (χ0) is 34.2. The molecule has 0 bridgehead atoms. The molecular weight excluding hydrogens is 661 g/mol. The predicted molar refractivity (Wildman–Crippen MR) is 167 cm³/mol. The maximum Gasteiger partial charge on any atom is 0.456 e. The number of allylic oxidation sites excluding steroid dienone is 4. The van der Waals surface area contributed by atoms with E-state index >= 15 is 8.78 Å². The van der Waals surface area contributed by atoms with E-state index in [0.717, 1.165) is 22.3 Å². The summed E-state index contributed by atoms with van der Waals surface area (Å²) in [6.45, 7) is 3.18. The lowest BCUT2D eigenvalue weighted by Gasteiger charge is -2.56. The Hall–Kier alpha value is -2.74. The second-order valence-corrected chi connectivity index (χ2v) is 16.5. The topological polar surface area (TPSA) is 104 Å². The van der Waals surface area contributed by atoms with E-state index in [1.807, 2.05) is 6.92 Å². The fourth-order valence-corrected chi connectivity index (χ4v) is 11.0. The second kappa shape index (κ2) is 11.7. The van der Waals surface area contributed by atoms with Gasteiger partial charge in [0.25, 0.3) is 10.0 Å². The standard InChI is InChI=1S/C34H36F5NO5S2/c1-20-3-11-25(12-4-20)47(44,45)40-46(43)19-21-5-7-22(8-6-21)28-18-31(2)29(15-16-32(31,42)33(35,36)34(37,38)39)27-13-9-23-17-24(41)10-14-26(23)30(27)28/h3-8,11-12,17,27-29,42H,9-10,13-16,18-19H2,1-2H3,(H,40,43)/t27?,28-,29?,31+,32-,46?/m1/s1. The van der Waals surface area contributed by atoms with Crippen molar-refractivity contribution in [1.82, 2.24) is 0 Å². The summed E-state index contributed by atoms with van der Waals surface area (Å²) in [6, 6.07) is 12.8. The summed E-state index contributed by atoms with van der Waals surface area (Å²) >= 11 is 0. The van der Waals surface area contributed by atoms with E-state index in [1.165, 1.54) is 19.1 Å². The van der Waals surface area contributed by atoms with Gasteiger partial charge in [-0.15, -0.1) is 3.77 Å². The Morgan fingerprint density at radius 3 is 2.28 bits per heavy atom. The molecule has 6 nitrogen and oxygen atoms in total. The van der Waals surface area contributed by atoms with Gasteiger partial charge in [0.2, 0.25) is 0 Å². The number of ketones is 1. The number of hydrogen-bond donors (Lipinski definition) is 2. The first-order valence-electron chi connectivity index (χ1n) is 15.6. The number of carbonyl (C=O) groups is 1. The zero-order valence-corrected chi connectivity index (χ0v) is 27.5. The van der Waals surface area contributed by atoms with Gasteiger partial charge in [0.05, 0.1) is 10.6 Å². The second-order valence-electron chi connectivity index (χ2n) is 13.6. The molecule has 0 aromatic heterocycles. The van der Waals surface area contributed by atoms with E-state index in [-0.39, 0.29) is 41.6 Å². The Labute approximate surface area is 273 Å². The summed E-state index contributed by atoms with van der Waals surface area (Å²) in [5.74, 6) is -6.98. The molecule has 2 aromatic rings. The zero-order valence-electron chi connectivity index (χ0n) is 25.9. The van der Waals surface area contributed by atoms with Gasteiger partial charge in [-0.05, 0) is 97.8 Å². The van der Waals surface area contributed by atoms with Crippen molar-refractivity contribution < 1.29 is 44.8 Å². The normalized spacial score (nSPS) is 30.4.